The Kier molecular flexibility index (Phi) is 5.96. The van der Waals surface area contributed by atoms with Crippen molar-refractivity contribution in [1.82, 2.24) is 5.32 Å². The molecular formula is C20H27N4O4+. The van der Waals surface area contributed by atoms with Crippen molar-refractivity contribution in [3.63, 3.8) is 0 Å². The average Bonchev–Trinajstić information content (AvgIpc) is 2.67. The van der Waals surface area contributed by atoms with Crippen LogP contribution in [0.5, 0.6) is 0 Å². The molecule has 0 radical (unpaired) electrons. The number of rotatable bonds is 6. The molecule has 8 nitrogen and oxygen atoms in total. The number of anilines is 2. The first-order valence-electron chi connectivity index (χ1n) is 9.64. The molecule has 2 aliphatic heterocycles. The molecule has 3 rings (SSSR count). The fourth-order valence-corrected chi connectivity index (χ4v) is 4.01. The molecule has 0 bridgehead atoms. The van der Waals surface area contributed by atoms with Crippen molar-refractivity contribution < 1.29 is 24.9 Å². The van der Waals surface area contributed by atoms with Crippen LogP contribution in [0.2, 0.25) is 0 Å². The number of hydrogen-bond acceptors (Lipinski definition) is 5. The molecule has 0 unspecified atom stereocenters. The van der Waals surface area contributed by atoms with Crippen LogP contribution in [0.25, 0.3) is 0 Å². The smallest absolute Gasteiger partial charge is 0.303 e. The minimum Gasteiger partial charge on any atom is -0.481 e. The summed E-state index contributed by atoms with van der Waals surface area (Å²) in [7, 11) is 1.81. The van der Waals surface area contributed by atoms with Crippen molar-refractivity contribution in [3.8, 4) is 0 Å². The van der Waals surface area contributed by atoms with E-state index in [-0.39, 0.29) is 30.6 Å². The van der Waals surface area contributed by atoms with Crippen molar-refractivity contribution in [2.75, 3.05) is 30.4 Å². The highest BCUT2D eigenvalue weighted by atomic mass is 16.4. The van der Waals surface area contributed by atoms with Crippen molar-refractivity contribution >= 4 is 34.9 Å². The summed E-state index contributed by atoms with van der Waals surface area (Å²) >= 11 is 0. The van der Waals surface area contributed by atoms with Gasteiger partial charge in [0.2, 0.25) is 11.8 Å². The standard InChI is InChI=1S/C20H26N4O4/c1-22-16-11-13(24-8-6-12(7-9-24)10-18(26)27)2-3-14(16)19(21)15-4-5-17(25)23-20(15)28/h2-3,11-12,15,21-22H,4-10H2,1H3,(H,26,27)(H,23,25,28)/p+1/t15-/m0/s1. The summed E-state index contributed by atoms with van der Waals surface area (Å²) in [5.74, 6) is -1.62. The second-order valence-electron chi connectivity index (χ2n) is 7.47. The zero-order valence-electron chi connectivity index (χ0n) is 16.0. The maximum absolute atomic E-state index is 12.1. The van der Waals surface area contributed by atoms with Crippen LogP contribution in [0.3, 0.4) is 0 Å². The Hall–Kier alpha value is -2.90. The molecule has 1 atom stereocenters. The third kappa shape index (κ3) is 4.32. The minimum absolute atomic E-state index is 0.228. The van der Waals surface area contributed by atoms with Crippen LogP contribution in [0.1, 0.15) is 37.7 Å². The van der Waals surface area contributed by atoms with Crippen LogP contribution in [0, 0.1) is 11.8 Å². The van der Waals surface area contributed by atoms with Gasteiger partial charge < -0.3 is 15.3 Å². The lowest BCUT2D eigenvalue weighted by atomic mass is 9.88. The number of aliphatic carboxylic acids is 1. The molecule has 1 aromatic carbocycles. The van der Waals surface area contributed by atoms with E-state index in [9.17, 15) is 14.4 Å². The number of carbonyl (C=O) groups is 3. The van der Waals surface area contributed by atoms with Gasteiger partial charge in [-0.15, -0.1) is 0 Å². The van der Waals surface area contributed by atoms with Crippen LogP contribution in [-0.2, 0) is 14.4 Å². The SMILES string of the molecule is CNc1cc(N2CCC(CC(=O)O)CC2)ccc1C(=[NH2+])[C@@H]1CCC(=O)NC1=O. The molecule has 0 aromatic heterocycles. The number of carboxylic acid groups (broad SMARTS) is 1. The van der Waals surface area contributed by atoms with E-state index < -0.39 is 11.9 Å². The molecule has 0 spiro atoms. The first-order chi connectivity index (χ1) is 13.4. The second-order valence-corrected chi connectivity index (χ2v) is 7.47. The molecular weight excluding hydrogens is 360 g/mol. The largest absolute Gasteiger partial charge is 0.481 e. The van der Waals surface area contributed by atoms with E-state index in [2.05, 4.69) is 15.5 Å². The van der Waals surface area contributed by atoms with E-state index in [1.54, 1.807) is 7.05 Å². The summed E-state index contributed by atoms with van der Waals surface area (Å²) in [5, 5.41) is 20.8. The molecule has 2 fully saturated rings. The third-order valence-corrected chi connectivity index (χ3v) is 5.64. The quantitative estimate of drug-likeness (QED) is 0.403. The highest BCUT2D eigenvalue weighted by Gasteiger charge is 2.35. The normalized spacial score (nSPS) is 20.6. The van der Waals surface area contributed by atoms with Gasteiger partial charge >= 0.3 is 5.97 Å². The van der Waals surface area contributed by atoms with E-state index in [0.717, 1.165) is 42.9 Å². The van der Waals surface area contributed by atoms with Gasteiger partial charge in [-0.25, -0.2) is 0 Å². The molecule has 8 heteroatoms. The monoisotopic (exact) mass is 387 g/mol. The Morgan fingerprint density at radius 1 is 1.29 bits per heavy atom. The van der Waals surface area contributed by atoms with Gasteiger partial charge in [0.05, 0.1) is 5.56 Å². The molecule has 150 valence electrons. The van der Waals surface area contributed by atoms with Gasteiger partial charge in [-0.05, 0) is 43.4 Å². The topological polar surface area (TPSA) is 124 Å². The summed E-state index contributed by atoms with van der Waals surface area (Å²) in [5.41, 5.74) is 3.09. The predicted molar refractivity (Wildman–Crippen MR) is 105 cm³/mol. The highest BCUT2D eigenvalue weighted by molar-refractivity contribution is 6.16. The zero-order valence-corrected chi connectivity index (χ0v) is 16.0. The fourth-order valence-electron chi connectivity index (χ4n) is 4.01. The Morgan fingerprint density at radius 3 is 2.61 bits per heavy atom. The molecule has 2 aliphatic rings. The van der Waals surface area contributed by atoms with Gasteiger partial charge in [0.15, 0.2) is 5.71 Å². The van der Waals surface area contributed by atoms with Crippen molar-refractivity contribution in [2.24, 2.45) is 11.8 Å². The van der Waals surface area contributed by atoms with Crippen LogP contribution in [-0.4, -0.2) is 48.7 Å². The molecule has 28 heavy (non-hydrogen) atoms. The fraction of sp³-hybridized carbons (Fsp3) is 0.500. The van der Waals surface area contributed by atoms with Crippen LogP contribution in [0.15, 0.2) is 18.2 Å². The first-order valence-corrected chi connectivity index (χ1v) is 9.64. The summed E-state index contributed by atoms with van der Waals surface area (Å²) in [4.78, 5) is 36.6. The average molecular weight is 387 g/mol. The van der Waals surface area contributed by atoms with Gasteiger partial charge in [0, 0.05) is 44.4 Å². The molecule has 2 heterocycles. The van der Waals surface area contributed by atoms with Gasteiger partial charge in [-0.2, -0.15) is 0 Å². The number of nitrogens with zero attached hydrogens (tertiary/aromatic N) is 1. The number of piperidine rings is 2. The lowest BCUT2D eigenvalue weighted by Crippen LogP contribution is -2.53. The summed E-state index contributed by atoms with van der Waals surface area (Å²) < 4.78 is 0. The number of carbonyl (C=O) groups excluding carboxylic acids is 2. The Bertz CT molecular complexity index is 799. The number of carboxylic acids is 1. The van der Waals surface area contributed by atoms with E-state index in [1.165, 1.54) is 0 Å². The Balaban J connectivity index is 1.72. The second kappa shape index (κ2) is 8.41. The van der Waals surface area contributed by atoms with Gasteiger partial charge in [-0.1, -0.05) is 0 Å². The molecule has 5 N–H and O–H groups in total. The summed E-state index contributed by atoms with van der Waals surface area (Å²) in [6, 6.07) is 5.89. The lowest BCUT2D eigenvalue weighted by molar-refractivity contribution is -0.140. The predicted octanol–water partition coefficient (Wildman–Crippen LogP) is 0.0204. The van der Waals surface area contributed by atoms with Gasteiger partial charge in [0.1, 0.15) is 5.92 Å². The van der Waals surface area contributed by atoms with Crippen LogP contribution >= 0.6 is 0 Å². The van der Waals surface area contributed by atoms with E-state index >= 15 is 0 Å². The number of nitrogens with one attached hydrogen (secondary N) is 2. The van der Waals surface area contributed by atoms with Crippen molar-refractivity contribution in [1.29, 1.82) is 0 Å². The molecule has 0 aliphatic carbocycles. The Morgan fingerprint density at radius 2 is 2.00 bits per heavy atom. The maximum Gasteiger partial charge on any atom is 0.303 e. The number of imide groups is 1. The third-order valence-electron chi connectivity index (χ3n) is 5.64. The van der Waals surface area contributed by atoms with Crippen LogP contribution < -0.4 is 20.9 Å². The first kappa shape index (κ1) is 19.9. The van der Waals surface area contributed by atoms with Crippen molar-refractivity contribution in [3.05, 3.63) is 23.8 Å². The lowest BCUT2D eigenvalue weighted by Gasteiger charge is -2.33. The van der Waals surface area contributed by atoms with E-state index in [4.69, 9.17) is 10.5 Å². The number of amides is 2. The number of benzene rings is 1. The maximum atomic E-state index is 12.1. The number of hydrogen-bond donors (Lipinski definition) is 4. The minimum atomic E-state index is -0.736. The van der Waals surface area contributed by atoms with E-state index in [1.807, 2.05) is 18.2 Å². The zero-order chi connectivity index (χ0) is 20.3. The van der Waals surface area contributed by atoms with Crippen LogP contribution in [0.4, 0.5) is 11.4 Å². The summed E-state index contributed by atoms with van der Waals surface area (Å²) in [6.07, 6.45) is 2.64. The number of nitrogens with two attached hydrogens (primary N) is 1. The van der Waals surface area contributed by atoms with Gasteiger partial charge in [0.25, 0.3) is 0 Å². The highest BCUT2D eigenvalue weighted by Crippen LogP contribution is 2.30. The molecule has 2 saturated heterocycles. The van der Waals surface area contributed by atoms with Crippen molar-refractivity contribution in [2.45, 2.75) is 32.1 Å². The van der Waals surface area contributed by atoms with Gasteiger partial charge in [-0.3, -0.25) is 25.1 Å². The molecule has 0 saturated carbocycles. The summed E-state index contributed by atoms with van der Waals surface area (Å²) in [6.45, 7) is 1.62. The van der Waals surface area contributed by atoms with E-state index in [0.29, 0.717) is 12.1 Å². The molecule has 2 amide bonds. The Labute approximate surface area is 163 Å². The molecule has 1 aromatic rings.